The van der Waals surface area contributed by atoms with Gasteiger partial charge >= 0.3 is 0 Å². The predicted molar refractivity (Wildman–Crippen MR) is 86.2 cm³/mol. The van der Waals surface area contributed by atoms with Crippen molar-refractivity contribution in [1.82, 2.24) is 0 Å². The average molecular weight is 380 g/mol. The zero-order valence-electron chi connectivity index (χ0n) is 11.6. The summed E-state index contributed by atoms with van der Waals surface area (Å²) in [5.41, 5.74) is -0.197. The largest absolute Gasteiger partial charge is 0.326 e. The molecule has 0 spiro atoms. The number of nitro benzene ring substituents is 2. The van der Waals surface area contributed by atoms with Gasteiger partial charge in [-0.1, -0.05) is 15.9 Å². The maximum Gasteiger partial charge on any atom is 0.279 e. The minimum absolute atomic E-state index is 0.107. The lowest BCUT2D eigenvalue weighted by molar-refractivity contribution is -0.394. The summed E-state index contributed by atoms with van der Waals surface area (Å²) in [5, 5.41) is 24.3. The summed E-state index contributed by atoms with van der Waals surface area (Å²) in [5.74, 6) is -0.454. The van der Waals surface area contributed by atoms with E-state index in [4.69, 9.17) is 0 Å². The van der Waals surface area contributed by atoms with Crippen molar-refractivity contribution in [3.8, 4) is 0 Å². The SMILES string of the molecule is O=C(Cc1ccc([N+](=O)[O-])cc1[N+](=O)[O-])Nc1ccc(Br)cc1. The Hall–Kier alpha value is -2.81. The fourth-order valence-electron chi connectivity index (χ4n) is 1.90. The summed E-state index contributed by atoms with van der Waals surface area (Å²) in [6.07, 6.45) is -0.260. The standard InChI is InChI=1S/C14H10BrN3O5/c15-10-2-4-11(5-3-10)16-14(19)7-9-1-6-12(17(20)21)8-13(9)18(22)23/h1-6,8H,7H2,(H,16,19). The number of carbonyl (C=O) groups excluding carboxylic acids is 1. The molecule has 2 aromatic carbocycles. The zero-order chi connectivity index (χ0) is 17.0. The maximum atomic E-state index is 12.0. The van der Waals surface area contributed by atoms with Crippen molar-refractivity contribution < 1.29 is 14.6 Å². The van der Waals surface area contributed by atoms with Crippen LogP contribution in [0.25, 0.3) is 0 Å². The molecule has 9 heteroatoms. The molecule has 23 heavy (non-hydrogen) atoms. The van der Waals surface area contributed by atoms with E-state index in [0.717, 1.165) is 16.6 Å². The molecule has 0 atom stereocenters. The van der Waals surface area contributed by atoms with Crippen LogP contribution >= 0.6 is 15.9 Å². The molecule has 0 aromatic heterocycles. The molecule has 0 aliphatic carbocycles. The third-order valence-corrected chi connectivity index (χ3v) is 3.48. The number of nitrogens with one attached hydrogen (secondary N) is 1. The van der Waals surface area contributed by atoms with E-state index in [2.05, 4.69) is 21.2 Å². The lowest BCUT2D eigenvalue weighted by Gasteiger charge is -2.06. The Balaban J connectivity index is 2.18. The molecule has 0 saturated heterocycles. The van der Waals surface area contributed by atoms with Gasteiger partial charge in [-0.15, -0.1) is 0 Å². The number of nitrogens with zero attached hydrogens (tertiary/aromatic N) is 2. The van der Waals surface area contributed by atoms with E-state index in [-0.39, 0.29) is 12.0 Å². The topological polar surface area (TPSA) is 115 Å². The molecule has 118 valence electrons. The molecule has 0 saturated carbocycles. The third-order valence-electron chi connectivity index (χ3n) is 2.96. The number of amides is 1. The number of rotatable bonds is 5. The first-order chi connectivity index (χ1) is 10.9. The summed E-state index contributed by atoms with van der Waals surface area (Å²) in [6.45, 7) is 0. The van der Waals surface area contributed by atoms with Gasteiger partial charge in [-0.3, -0.25) is 25.0 Å². The molecule has 0 aliphatic heterocycles. The lowest BCUT2D eigenvalue weighted by Crippen LogP contribution is -2.15. The van der Waals surface area contributed by atoms with Gasteiger partial charge in [-0.25, -0.2) is 0 Å². The molecule has 0 fully saturated rings. The molecule has 8 nitrogen and oxygen atoms in total. The quantitative estimate of drug-likeness (QED) is 0.630. The van der Waals surface area contributed by atoms with Crippen molar-refractivity contribution in [3.63, 3.8) is 0 Å². The van der Waals surface area contributed by atoms with Gasteiger partial charge in [0.2, 0.25) is 5.91 Å². The molecule has 1 N–H and O–H groups in total. The first kappa shape index (κ1) is 16.6. The summed E-state index contributed by atoms with van der Waals surface area (Å²) < 4.78 is 0.849. The highest BCUT2D eigenvalue weighted by Crippen LogP contribution is 2.25. The summed E-state index contributed by atoms with van der Waals surface area (Å²) in [4.78, 5) is 32.2. The summed E-state index contributed by atoms with van der Waals surface area (Å²) >= 11 is 3.27. The van der Waals surface area contributed by atoms with Crippen molar-refractivity contribution in [1.29, 1.82) is 0 Å². The minimum atomic E-state index is -0.741. The molecule has 0 aliphatic rings. The van der Waals surface area contributed by atoms with Crippen LogP contribution in [0.2, 0.25) is 0 Å². The Morgan fingerprint density at radius 3 is 2.26 bits per heavy atom. The smallest absolute Gasteiger partial charge is 0.279 e. The highest BCUT2D eigenvalue weighted by molar-refractivity contribution is 9.10. The number of carbonyl (C=O) groups is 1. The van der Waals surface area contributed by atoms with Crippen molar-refractivity contribution in [2.24, 2.45) is 0 Å². The summed E-state index contributed by atoms with van der Waals surface area (Å²) in [7, 11) is 0. The maximum absolute atomic E-state index is 12.0. The predicted octanol–water partition coefficient (Wildman–Crippen LogP) is 3.45. The molecule has 2 aromatic rings. The molecular formula is C14H10BrN3O5. The monoisotopic (exact) mass is 379 g/mol. The molecular weight excluding hydrogens is 370 g/mol. The molecule has 2 rings (SSSR count). The van der Waals surface area contributed by atoms with Crippen LogP contribution in [0.1, 0.15) is 5.56 Å². The summed E-state index contributed by atoms with van der Waals surface area (Å²) in [6, 6.07) is 10.0. The number of benzene rings is 2. The number of hydrogen-bond donors (Lipinski definition) is 1. The Bertz CT molecular complexity index is 776. The Kier molecular flexibility index (Phi) is 5.02. The first-order valence-electron chi connectivity index (χ1n) is 6.34. The van der Waals surface area contributed by atoms with Gasteiger partial charge in [-0.2, -0.15) is 0 Å². The van der Waals surface area contributed by atoms with E-state index in [9.17, 15) is 25.0 Å². The number of anilines is 1. The molecule has 0 bridgehead atoms. The van der Waals surface area contributed by atoms with Crippen molar-refractivity contribution in [3.05, 3.63) is 72.7 Å². The van der Waals surface area contributed by atoms with Crippen LogP contribution in [0.5, 0.6) is 0 Å². The fourth-order valence-corrected chi connectivity index (χ4v) is 2.16. The van der Waals surface area contributed by atoms with Crippen molar-refractivity contribution in [2.45, 2.75) is 6.42 Å². The number of non-ortho nitro benzene ring substituents is 1. The first-order valence-corrected chi connectivity index (χ1v) is 7.13. The van der Waals surface area contributed by atoms with Gasteiger partial charge < -0.3 is 5.32 Å². The van der Waals surface area contributed by atoms with Crippen LogP contribution in [0, 0.1) is 20.2 Å². The van der Waals surface area contributed by atoms with Crippen LogP contribution in [-0.4, -0.2) is 15.8 Å². The average Bonchev–Trinajstić information content (AvgIpc) is 2.49. The minimum Gasteiger partial charge on any atom is -0.326 e. The molecule has 0 radical (unpaired) electrons. The van der Waals surface area contributed by atoms with Gasteiger partial charge in [0.15, 0.2) is 0 Å². The van der Waals surface area contributed by atoms with Crippen LogP contribution < -0.4 is 5.32 Å². The second kappa shape index (κ2) is 6.97. The highest BCUT2D eigenvalue weighted by atomic mass is 79.9. The van der Waals surface area contributed by atoms with Gasteiger partial charge in [0.25, 0.3) is 11.4 Å². The fraction of sp³-hybridized carbons (Fsp3) is 0.0714. The second-order valence-corrected chi connectivity index (χ2v) is 5.47. The molecule has 0 heterocycles. The number of hydrogen-bond acceptors (Lipinski definition) is 5. The van der Waals surface area contributed by atoms with Gasteiger partial charge in [-0.05, 0) is 30.3 Å². The normalized spacial score (nSPS) is 10.1. The van der Waals surface area contributed by atoms with E-state index in [1.165, 1.54) is 6.07 Å². The van der Waals surface area contributed by atoms with E-state index in [1.54, 1.807) is 24.3 Å². The highest BCUT2D eigenvalue weighted by Gasteiger charge is 2.21. The van der Waals surface area contributed by atoms with Crippen molar-refractivity contribution >= 4 is 38.9 Å². The van der Waals surface area contributed by atoms with Gasteiger partial charge in [0, 0.05) is 21.8 Å². The van der Waals surface area contributed by atoms with E-state index in [1.807, 2.05) is 0 Å². The Labute approximate surface area is 138 Å². The van der Waals surface area contributed by atoms with E-state index in [0.29, 0.717) is 5.69 Å². The third kappa shape index (κ3) is 4.33. The zero-order valence-corrected chi connectivity index (χ0v) is 13.1. The van der Waals surface area contributed by atoms with Crippen LogP contribution in [0.3, 0.4) is 0 Å². The molecule has 0 unspecified atom stereocenters. The van der Waals surface area contributed by atoms with Gasteiger partial charge in [0.1, 0.15) is 0 Å². The Morgan fingerprint density at radius 2 is 1.70 bits per heavy atom. The number of halogens is 1. The van der Waals surface area contributed by atoms with E-state index < -0.39 is 27.1 Å². The Morgan fingerprint density at radius 1 is 1.04 bits per heavy atom. The molecule has 1 amide bonds. The van der Waals surface area contributed by atoms with Crippen LogP contribution in [0.15, 0.2) is 46.9 Å². The van der Waals surface area contributed by atoms with E-state index >= 15 is 0 Å². The van der Waals surface area contributed by atoms with Crippen molar-refractivity contribution in [2.75, 3.05) is 5.32 Å². The lowest BCUT2D eigenvalue weighted by atomic mass is 10.1. The number of nitro groups is 2. The van der Waals surface area contributed by atoms with Gasteiger partial charge in [0.05, 0.1) is 22.3 Å². The van der Waals surface area contributed by atoms with Crippen LogP contribution in [0.4, 0.5) is 17.1 Å². The second-order valence-electron chi connectivity index (χ2n) is 4.56. The van der Waals surface area contributed by atoms with Crippen LogP contribution in [-0.2, 0) is 11.2 Å².